The number of alkyl halides is 3. The van der Waals surface area contributed by atoms with E-state index in [1.165, 1.54) is 18.2 Å². The Balaban J connectivity index is 1.92. The molecule has 128 valence electrons. The number of hydrogen-bond donors (Lipinski definition) is 0. The Morgan fingerprint density at radius 2 is 1.52 bits per heavy atom. The molecule has 3 rings (SSSR count). The minimum Gasteiger partial charge on any atom is -0.267 e. The summed E-state index contributed by atoms with van der Waals surface area (Å²) in [7, 11) is 1.16. The Bertz CT molecular complexity index is 858. The summed E-state index contributed by atoms with van der Waals surface area (Å²) in [5.74, 6) is -2.31. The number of carbonyl (C=O) groups excluding carboxylic acids is 3. The monoisotopic (exact) mass is 348 g/mol. The smallest absolute Gasteiger partial charge is 0.267 e. The molecule has 1 aliphatic rings. The van der Waals surface area contributed by atoms with Crippen molar-refractivity contribution in [2.24, 2.45) is 0 Å². The second kappa shape index (κ2) is 5.73. The molecule has 0 saturated heterocycles. The van der Waals surface area contributed by atoms with E-state index in [0.717, 1.165) is 24.2 Å². The van der Waals surface area contributed by atoms with Crippen LogP contribution in [0, 0.1) is 0 Å². The molecule has 5 nitrogen and oxygen atoms in total. The number of rotatable bonds is 2. The van der Waals surface area contributed by atoms with Crippen molar-refractivity contribution in [2.45, 2.75) is 6.18 Å². The Morgan fingerprint density at radius 3 is 2.04 bits per heavy atom. The lowest BCUT2D eigenvalue weighted by Gasteiger charge is -2.26. The second-order valence-electron chi connectivity index (χ2n) is 5.38. The Hall–Kier alpha value is -3.16. The van der Waals surface area contributed by atoms with Gasteiger partial charge in [-0.3, -0.25) is 14.4 Å². The van der Waals surface area contributed by atoms with Crippen LogP contribution < -0.4 is 0 Å². The fourth-order valence-electron chi connectivity index (χ4n) is 2.56. The van der Waals surface area contributed by atoms with Crippen LogP contribution in [-0.4, -0.2) is 34.8 Å². The second-order valence-corrected chi connectivity index (χ2v) is 5.38. The van der Waals surface area contributed by atoms with E-state index < -0.39 is 29.5 Å². The lowest BCUT2D eigenvalue weighted by molar-refractivity contribution is -0.137. The highest BCUT2D eigenvalue weighted by molar-refractivity contribution is 6.22. The highest BCUT2D eigenvalue weighted by Gasteiger charge is 2.40. The molecule has 0 aliphatic carbocycles. The lowest BCUT2D eigenvalue weighted by atomic mass is 10.1. The topological polar surface area (TPSA) is 57.7 Å². The van der Waals surface area contributed by atoms with Gasteiger partial charge in [-0.25, -0.2) is 5.01 Å². The third-order valence-corrected chi connectivity index (χ3v) is 3.80. The molecule has 2 aromatic rings. The summed E-state index contributed by atoms with van der Waals surface area (Å²) >= 11 is 0. The van der Waals surface area contributed by atoms with E-state index in [1.807, 2.05) is 0 Å². The van der Waals surface area contributed by atoms with Gasteiger partial charge in [-0.05, 0) is 30.3 Å². The number of fused-ring (bicyclic) bond motifs is 1. The van der Waals surface area contributed by atoms with Crippen molar-refractivity contribution in [1.29, 1.82) is 0 Å². The summed E-state index contributed by atoms with van der Waals surface area (Å²) in [6, 6.07) is 9.81. The first-order chi connectivity index (χ1) is 11.7. The van der Waals surface area contributed by atoms with Crippen LogP contribution in [0.2, 0.25) is 0 Å². The molecule has 0 saturated carbocycles. The standard InChI is InChI=1S/C17H11F3N2O3/c1-21(14(23)10-5-4-6-11(9-10)17(18,19)20)22-15(24)12-7-2-3-8-13(12)16(22)25/h2-9H,1H3. The molecule has 0 radical (unpaired) electrons. The summed E-state index contributed by atoms with van der Waals surface area (Å²) in [4.78, 5) is 37.1. The fourth-order valence-corrected chi connectivity index (χ4v) is 2.56. The molecule has 25 heavy (non-hydrogen) atoms. The molecule has 0 bridgehead atoms. The van der Waals surface area contributed by atoms with Crippen molar-refractivity contribution >= 4 is 17.7 Å². The predicted molar refractivity (Wildman–Crippen MR) is 80.5 cm³/mol. The molecule has 0 atom stereocenters. The summed E-state index contributed by atoms with van der Waals surface area (Å²) in [6.45, 7) is 0. The SMILES string of the molecule is CN(C(=O)c1cccc(C(F)(F)F)c1)N1C(=O)c2ccccc2C1=O. The van der Waals surface area contributed by atoms with E-state index in [2.05, 4.69) is 0 Å². The van der Waals surface area contributed by atoms with Crippen LogP contribution in [0.15, 0.2) is 48.5 Å². The van der Waals surface area contributed by atoms with E-state index in [1.54, 1.807) is 12.1 Å². The molecule has 0 aromatic heterocycles. The van der Waals surface area contributed by atoms with Crippen LogP contribution in [0.25, 0.3) is 0 Å². The number of amides is 3. The first-order valence-corrected chi connectivity index (χ1v) is 7.15. The number of benzene rings is 2. The minimum absolute atomic E-state index is 0.135. The molecule has 1 aliphatic heterocycles. The number of nitrogens with zero attached hydrogens (tertiary/aromatic N) is 2. The number of carbonyl (C=O) groups is 3. The van der Waals surface area contributed by atoms with Crippen molar-refractivity contribution in [3.63, 3.8) is 0 Å². The quantitative estimate of drug-likeness (QED) is 0.784. The van der Waals surface area contributed by atoms with E-state index in [-0.39, 0.29) is 16.7 Å². The van der Waals surface area contributed by atoms with Gasteiger partial charge in [-0.15, -0.1) is 0 Å². The van der Waals surface area contributed by atoms with Gasteiger partial charge in [0.15, 0.2) is 0 Å². The van der Waals surface area contributed by atoms with Crippen LogP contribution in [0.4, 0.5) is 13.2 Å². The van der Waals surface area contributed by atoms with Gasteiger partial charge >= 0.3 is 6.18 Å². The van der Waals surface area contributed by atoms with Gasteiger partial charge < -0.3 is 0 Å². The Kier molecular flexibility index (Phi) is 3.82. The lowest BCUT2D eigenvalue weighted by Crippen LogP contribution is -2.47. The van der Waals surface area contributed by atoms with Gasteiger partial charge in [0.2, 0.25) is 0 Å². The molecule has 0 fully saturated rings. The van der Waals surface area contributed by atoms with Crippen molar-refractivity contribution in [1.82, 2.24) is 10.0 Å². The molecule has 0 spiro atoms. The zero-order valence-corrected chi connectivity index (χ0v) is 12.9. The third-order valence-electron chi connectivity index (χ3n) is 3.80. The minimum atomic E-state index is -4.61. The first kappa shape index (κ1) is 16.7. The van der Waals surface area contributed by atoms with Gasteiger partial charge in [0, 0.05) is 12.6 Å². The van der Waals surface area contributed by atoms with Crippen LogP contribution in [-0.2, 0) is 6.18 Å². The molecule has 8 heteroatoms. The van der Waals surface area contributed by atoms with E-state index >= 15 is 0 Å². The van der Waals surface area contributed by atoms with Gasteiger partial charge in [0.1, 0.15) is 0 Å². The summed E-state index contributed by atoms with van der Waals surface area (Å²) < 4.78 is 38.4. The summed E-state index contributed by atoms with van der Waals surface area (Å²) in [5.41, 5.74) is -1.00. The number of halogens is 3. The first-order valence-electron chi connectivity index (χ1n) is 7.15. The molecule has 2 aromatic carbocycles. The molecular weight excluding hydrogens is 337 g/mol. The van der Waals surface area contributed by atoms with Gasteiger partial charge in [0.05, 0.1) is 16.7 Å². The third kappa shape index (κ3) is 2.75. The van der Waals surface area contributed by atoms with Crippen LogP contribution in [0.1, 0.15) is 36.6 Å². The van der Waals surface area contributed by atoms with Crippen molar-refractivity contribution in [3.05, 3.63) is 70.8 Å². The molecule has 0 N–H and O–H groups in total. The van der Waals surface area contributed by atoms with Crippen LogP contribution >= 0.6 is 0 Å². The normalized spacial score (nSPS) is 13.8. The van der Waals surface area contributed by atoms with Crippen LogP contribution in [0.5, 0.6) is 0 Å². The fraction of sp³-hybridized carbons (Fsp3) is 0.118. The molecule has 0 unspecified atom stereocenters. The zero-order chi connectivity index (χ0) is 18.4. The molecular formula is C17H11F3N2O3. The predicted octanol–water partition coefficient (Wildman–Crippen LogP) is 2.99. The van der Waals surface area contributed by atoms with Crippen molar-refractivity contribution in [3.8, 4) is 0 Å². The Labute approximate surface area is 140 Å². The zero-order valence-electron chi connectivity index (χ0n) is 12.9. The number of hydrogen-bond acceptors (Lipinski definition) is 3. The van der Waals surface area contributed by atoms with Gasteiger partial charge in [-0.2, -0.15) is 18.2 Å². The highest BCUT2D eigenvalue weighted by atomic mass is 19.4. The van der Waals surface area contributed by atoms with E-state index in [4.69, 9.17) is 0 Å². The van der Waals surface area contributed by atoms with Gasteiger partial charge in [-0.1, -0.05) is 18.2 Å². The number of hydrazine groups is 1. The number of imide groups is 1. The van der Waals surface area contributed by atoms with Gasteiger partial charge in [0.25, 0.3) is 17.7 Å². The summed E-state index contributed by atoms with van der Waals surface area (Å²) in [5, 5.41) is 1.34. The van der Waals surface area contributed by atoms with E-state index in [9.17, 15) is 27.6 Å². The summed E-state index contributed by atoms with van der Waals surface area (Å²) in [6.07, 6.45) is -4.61. The molecule has 1 heterocycles. The largest absolute Gasteiger partial charge is 0.416 e. The highest BCUT2D eigenvalue weighted by Crippen LogP contribution is 2.30. The van der Waals surface area contributed by atoms with Crippen molar-refractivity contribution in [2.75, 3.05) is 7.05 Å². The maximum atomic E-state index is 12.8. The maximum absolute atomic E-state index is 12.8. The molecule has 3 amide bonds. The average molecular weight is 348 g/mol. The average Bonchev–Trinajstić information content (AvgIpc) is 2.84. The maximum Gasteiger partial charge on any atom is 0.416 e. The van der Waals surface area contributed by atoms with Crippen molar-refractivity contribution < 1.29 is 27.6 Å². The Morgan fingerprint density at radius 1 is 0.960 bits per heavy atom. The van der Waals surface area contributed by atoms with E-state index in [0.29, 0.717) is 11.1 Å². The van der Waals surface area contributed by atoms with Crippen LogP contribution in [0.3, 0.4) is 0 Å².